The average molecular weight is 519 g/mol. The van der Waals surface area contributed by atoms with Gasteiger partial charge in [0.1, 0.15) is 17.4 Å². The summed E-state index contributed by atoms with van der Waals surface area (Å²) in [5, 5.41) is 3.12. The third-order valence-corrected chi connectivity index (χ3v) is 7.52. The van der Waals surface area contributed by atoms with Crippen molar-refractivity contribution in [2.75, 3.05) is 18.7 Å². The van der Waals surface area contributed by atoms with Gasteiger partial charge in [-0.1, -0.05) is 0 Å². The molecule has 2 saturated carbocycles. The Bertz CT molecular complexity index is 1570. The lowest BCUT2D eigenvalue weighted by molar-refractivity contribution is 0.397. The number of rotatable bonds is 9. The van der Waals surface area contributed by atoms with Crippen LogP contribution in [-0.4, -0.2) is 52.0 Å². The van der Waals surface area contributed by atoms with Crippen molar-refractivity contribution in [2.45, 2.75) is 49.6 Å². The Morgan fingerprint density at radius 1 is 1.08 bits per heavy atom. The van der Waals surface area contributed by atoms with Crippen molar-refractivity contribution in [3.63, 3.8) is 0 Å². The zero-order valence-electron chi connectivity index (χ0n) is 20.5. The molecule has 2 aliphatic rings. The van der Waals surface area contributed by atoms with Crippen LogP contribution in [0.25, 0.3) is 22.6 Å². The molecule has 0 spiro atoms. The molecule has 0 amide bonds. The van der Waals surface area contributed by atoms with Crippen molar-refractivity contribution >= 4 is 27.8 Å². The first-order chi connectivity index (χ1) is 18.0. The highest BCUT2D eigenvalue weighted by Gasteiger charge is 2.32. The van der Waals surface area contributed by atoms with Gasteiger partial charge in [0.25, 0.3) is 5.56 Å². The molecule has 11 nitrogen and oxygen atoms in total. The van der Waals surface area contributed by atoms with Crippen molar-refractivity contribution in [2.24, 2.45) is 5.92 Å². The summed E-state index contributed by atoms with van der Waals surface area (Å²) in [7, 11) is 0.469. The molecule has 0 saturated heterocycles. The average Bonchev–Trinajstić information content (AvgIpc) is 3.84. The van der Waals surface area contributed by atoms with Gasteiger partial charge in [-0.15, -0.1) is 0 Å². The molecule has 1 atom stereocenters. The molecule has 0 radical (unpaired) electrons. The summed E-state index contributed by atoms with van der Waals surface area (Å²) in [6.07, 6.45) is 10.6. The second-order valence-electron chi connectivity index (χ2n) is 9.43. The molecule has 2 aliphatic carbocycles. The van der Waals surface area contributed by atoms with Gasteiger partial charge in [0.2, 0.25) is 5.88 Å². The molecule has 2 fully saturated rings. The third kappa shape index (κ3) is 4.80. The molecular weight excluding hydrogens is 492 g/mol. The van der Waals surface area contributed by atoms with Gasteiger partial charge in [-0.2, -0.15) is 0 Å². The highest BCUT2D eigenvalue weighted by Crippen LogP contribution is 2.44. The van der Waals surface area contributed by atoms with Crippen LogP contribution in [0.1, 0.15) is 43.0 Å². The van der Waals surface area contributed by atoms with Gasteiger partial charge in [0.05, 0.1) is 46.9 Å². The number of aromatic nitrogens is 7. The van der Waals surface area contributed by atoms with Crippen LogP contribution in [0.15, 0.2) is 40.5 Å². The topological polar surface area (TPSA) is 138 Å². The van der Waals surface area contributed by atoms with E-state index < -0.39 is 10.8 Å². The minimum atomic E-state index is -1.10. The van der Waals surface area contributed by atoms with Crippen molar-refractivity contribution in [3.8, 4) is 17.3 Å². The number of hydrogen-bond acceptors (Lipinski definition) is 10. The summed E-state index contributed by atoms with van der Waals surface area (Å²) >= 11 is 0. The van der Waals surface area contributed by atoms with Crippen LogP contribution >= 0.6 is 0 Å². The zero-order chi connectivity index (χ0) is 25.5. The van der Waals surface area contributed by atoms with E-state index in [1.54, 1.807) is 42.5 Å². The highest BCUT2D eigenvalue weighted by molar-refractivity contribution is 7.84. The van der Waals surface area contributed by atoms with Crippen LogP contribution in [0, 0.1) is 5.92 Å². The van der Waals surface area contributed by atoms with Crippen LogP contribution < -0.4 is 15.6 Å². The second kappa shape index (κ2) is 9.58. The Balaban J connectivity index is 1.39. The van der Waals surface area contributed by atoms with Gasteiger partial charge in [-0.05, 0) is 43.7 Å². The number of ether oxygens (including phenoxy) is 1. The molecule has 0 bridgehead atoms. The smallest absolute Gasteiger partial charge is 0.294 e. The number of pyridine rings is 1. The van der Waals surface area contributed by atoms with Gasteiger partial charge < -0.3 is 10.1 Å². The monoisotopic (exact) mass is 518 g/mol. The largest absolute Gasteiger partial charge is 0.480 e. The van der Waals surface area contributed by atoms with Gasteiger partial charge in [0.15, 0.2) is 17.3 Å². The van der Waals surface area contributed by atoms with E-state index in [-0.39, 0.29) is 11.4 Å². The summed E-state index contributed by atoms with van der Waals surface area (Å²) < 4.78 is 18.8. The van der Waals surface area contributed by atoms with E-state index in [0.29, 0.717) is 63.9 Å². The van der Waals surface area contributed by atoms with E-state index in [1.165, 1.54) is 6.33 Å². The summed E-state index contributed by atoms with van der Waals surface area (Å²) in [5.74, 6) is 1.84. The highest BCUT2D eigenvalue weighted by atomic mass is 32.2. The van der Waals surface area contributed by atoms with Crippen molar-refractivity contribution < 1.29 is 8.95 Å². The molecule has 0 aromatic carbocycles. The zero-order valence-corrected chi connectivity index (χ0v) is 21.4. The minimum Gasteiger partial charge on any atom is -0.480 e. The van der Waals surface area contributed by atoms with Gasteiger partial charge in [0, 0.05) is 24.9 Å². The Morgan fingerprint density at radius 2 is 1.92 bits per heavy atom. The molecule has 190 valence electrons. The summed E-state index contributed by atoms with van der Waals surface area (Å²) in [4.78, 5) is 41.3. The van der Waals surface area contributed by atoms with Crippen LogP contribution in [0.4, 0.5) is 5.82 Å². The van der Waals surface area contributed by atoms with E-state index in [2.05, 4.69) is 30.2 Å². The van der Waals surface area contributed by atoms with E-state index in [4.69, 9.17) is 9.72 Å². The SMILES string of the molecule is COc1ncnc(C2CC2)c1-c1ncc2nc(NCc3ccc(S(C)=O)cn3)c(=O)n(CC3CC3)c2n1. The second-order valence-corrected chi connectivity index (χ2v) is 10.8. The predicted octanol–water partition coefficient (Wildman–Crippen LogP) is 2.68. The maximum absolute atomic E-state index is 13.5. The van der Waals surface area contributed by atoms with Gasteiger partial charge >= 0.3 is 0 Å². The lowest BCUT2D eigenvalue weighted by Crippen LogP contribution is -2.27. The Kier molecular flexibility index (Phi) is 6.11. The fraction of sp³-hybridized carbons (Fsp3) is 0.400. The molecule has 0 aliphatic heterocycles. The molecule has 4 heterocycles. The van der Waals surface area contributed by atoms with Gasteiger partial charge in [-0.3, -0.25) is 18.6 Å². The number of hydrogen-bond donors (Lipinski definition) is 1. The summed E-state index contributed by atoms with van der Waals surface area (Å²) in [5.41, 5.74) is 3.00. The number of fused-ring (bicyclic) bond motifs is 1. The lowest BCUT2D eigenvalue weighted by atomic mass is 10.1. The minimum absolute atomic E-state index is 0.216. The molecular formula is C25H26N8O3S. The summed E-state index contributed by atoms with van der Waals surface area (Å²) in [6.45, 7) is 0.867. The van der Waals surface area contributed by atoms with E-state index in [1.807, 2.05) is 0 Å². The van der Waals surface area contributed by atoms with Crippen LogP contribution in [-0.2, 0) is 23.9 Å². The van der Waals surface area contributed by atoms with E-state index in [0.717, 1.165) is 31.4 Å². The van der Waals surface area contributed by atoms with E-state index in [9.17, 15) is 9.00 Å². The van der Waals surface area contributed by atoms with Crippen LogP contribution in [0.2, 0.25) is 0 Å². The number of anilines is 1. The quantitative estimate of drug-likeness (QED) is 0.352. The standard InChI is InChI=1S/C25H26N8O3S/c1-36-24-19(20(15-5-6-15)29-13-30-24)21-28-11-18-23(32-21)33(12-14-3-4-14)25(34)22(31-18)27-9-16-7-8-17(10-26-16)37(2)35/h7-8,10-11,13-15H,3-6,9,12H2,1-2H3,(H,27,31). The Morgan fingerprint density at radius 3 is 2.59 bits per heavy atom. The molecule has 4 aromatic rings. The Labute approximate surface area is 215 Å². The molecule has 1 unspecified atom stereocenters. The first-order valence-corrected chi connectivity index (χ1v) is 13.8. The normalized spacial score (nSPS) is 16.1. The Hall–Kier alpha value is -3.80. The molecule has 4 aromatic heterocycles. The maximum atomic E-state index is 13.5. The molecule has 6 rings (SSSR count). The predicted molar refractivity (Wildman–Crippen MR) is 138 cm³/mol. The third-order valence-electron chi connectivity index (χ3n) is 6.61. The first-order valence-electron chi connectivity index (χ1n) is 12.2. The number of nitrogens with zero attached hydrogens (tertiary/aromatic N) is 7. The molecule has 37 heavy (non-hydrogen) atoms. The van der Waals surface area contributed by atoms with E-state index >= 15 is 0 Å². The van der Waals surface area contributed by atoms with Crippen molar-refractivity contribution in [1.82, 2.24) is 34.5 Å². The van der Waals surface area contributed by atoms with Crippen molar-refractivity contribution in [1.29, 1.82) is 0 Å². The fourth-order valence-electron chi connectivity index (χ4n) is 4.27. The maximum Gasteiger partial charge on any atom is 0.294 e. The molecule has 1 N–H and O–H groups in total. The van der Waals surface area contributed by atoms with Crippen LogP contribution in [0.5, 0.6) is 5.88 Å². The van der Waals surface area contributed by atoms with Crippen LogP contribution in [0.3, 0.4) is 0 Å². The molecule has 12 heteroatoms. The first kappa shape index (κ1) is 23.6. The number of nitrogens with one attached hydrogen (secondary N) is 1. The van der Waals surface area contributed by atoms with Gasteiger partial charge in [-0.25, -0.2) is 24.9 Å². The van der Waals surface area contributed by atoms with Crippen molar-refractivity contribution in [3.05, 3.63) is 52.6 Å². The fourth-order valence-corrected chi connectivity index (χ4v) is 4.73. The summed E-state index contributed by atoms with van der Waals surface area (Å²) in [6, 6.07) is 3.56. The lowest BCUT2D eigenvalue weighted by Gasteiger charge is -2.14. The number of methoxy groups -OCH3 is 1.